The lowest BCUT2D eigenvalue weighted by Gasteiger charge is -2.12. The quantitative estimate of drug-likeness (QED) is 0.227. The SMILES string of the molecule is CCN1C(=O)/C(=C/c2ccc(OCc3cccc4ccccc34)c(Br)c2)SC1=Nc1ccc(C(=O)O)cc1. The van der Waals surface area contributed by atoms with Crippen LogP contribution in [0.2, 0.25) is 0 Å². The van der Waals surface area contributed by atoms with Crippen LogP contribution in [-0.4, -0.2) is 33.6 Å². The fourth-order valence-corrected chi connectivity index (χ4v) is 5.68. The van der Waals surface area contributed by atoms with Gasteiger partial charge < -0.3 is 9.84 Å². The predicted molar refractivity (Wildman–Crippen MR) is 156 cm³/mol. The number of hydrogen-bond donors (Lipinski definition) is 1. The van der Waals surface area contributed by atoms with E-state index in [2.05, 4.69) is 45.2 Å². The van der Waals surface area contributed by atoms with Crippen LogP contribution >= 0.6 is 27.7 Å². The molecule has 0 spiro atoms. The van der Waals surface area contributed by atoms with Crippen molar-refractivity contribution in [1.29, 1.82) is 0 Å². The number of carbonyl (C=O) groups is 2. The van der Waals surface area contributed by atoms with Crippen molar-refractivity contribution in [2.24, 2.45) is 4.99 Å². The van der Waals surface area contributed by atoms with Crippen molar-refractivity contribution in [2.75, 3.05) is 6.54 Å². The van der Waals surface area contributed by atoms with Gasteiger partial charge in [-0.1, -0.05) is 48.5 Å². The van der Waals surface area contributed by atoms with Gasteiger partial charge in [0.1, 0.15) is 12.4 Å². The van der Waals surface area contributed by atoms with Crippen LogP contribution in [0, 0.1) is 0 Å². The number of halogens is 1. The highest BCUT2D eigenvalue weighted by Gasteiger charge is 2.32. The summed E-state index contributed by atoms with van der Waals surface area (Å²) in [6, 6.07) is 26.4. The number of benzene rings is 4. The maximum absolute atomic E-state index is 13.0. The summed E-state index contributed by atoms with van der Waals surface area (Å²) in [4.78, 5) is 30.9. The largest absolute Gasteiger partial charge is 0.488 e. The van der Waals surface area contributed by atoms with Gasteiger partial charge in [0.2, 0.25) is 0 Å². The number of likely N-dealkylation sites (N-methyl/N-ethyl adjacent to an activating group) is 1. The lowest BCUT2D eigenvalue weighted by molar-refractivity contribution is -0.122. The van der Waals surface area contributed by atoms with Crippen LogP contribution in [0.15, 0.2) is 99.3 Å². The third kappa shape index (κ3) is 5.51. The average Bonchev–Trinajstić information content (AvgIpc) is 3.21. The van der Waals surface area contributed by atoms with Gasteiger partial charge >= 0.3 is 5.97 Å². The molecular weight excluding hydrogens is 564 g/mol. The Labute approximate surface area is 232 Å². The van der Waals surface area contributed by atoms with E-state index in [-0.39, 0.29) is 11.5 Å². The third-order valence-corrected chi connectivity index (χ3v) is 7.69. The fraction of sp³-hybridized carbons (Fsp3) is 0.100. The molecule has 190 valence electrons. The second-order valence-electron chi connectivity index (χ2n) is 8.52. The highest BCUT2D eigenvalue weighted by Crippen LogP contribution is 2.35. The van der Waals surface area contributed by atoms with Crippen LogP contribution in [0.3, 0.4) is 0 Å². The molecule has 0 bridgehead atoms. The molecule has 4 aromatic carbocycles. The Hall–Kier alpha value is -3.88. The Morgan fingerprint density at radius 3 is 2.55 bits per heavy atom. The molecular formula is C30H23BrN2O4S. The van der Waals surface area contributed by atoms with E-state index in [9.17, 15) is 9.59 Å². The molecule has 5 rings (SSSR count). The average molecular weight is 587 g/mol. The number of nitrogens with zero attached hydrogens (tertiary/aromatic N) is 2. The van der Waals surface area contributed by atoms with Gasteiger partial charge in [-0.3, -0.25) is 9.69 Å². The minimum Gasteiger partial charge on any atom is -0.488 e. The maximum Gasteiger partial charge on any atom is 0.335 e. The maximum atomic E-state index is 13.0. The normalized spacial score (nSPS) is 15.5. The number of amides is 1. The Bertz CT molecular complexity index is 1590. The topological polar surface area (TPSA) is 79.2 Å². The molecule has 0 aromatic heterocycles. The zero-order valence-corrected chi connectivity index (χ0v) is 22.8. The highest BCUT2D eigenvalue weighted by atomic mass is 79.9. The van der Waals surface area contributed by atoms with Gasteiger partial charge in [-0.15, -0.1) is 0 Å². The van der Waals surface area contributed by atoms with Crippen LogP contribution in [-0.2, 0) is 11.4 Å². The highest BCUT2D eigenvalue weighted by molar-refractivity contribution is 9.10. The van der Waals surface area contributed by atoms with E-state index in [1.165, 1.54) is 34.7 Å². The molecule has 0 atom stereocenters. The third-order valence-electron chi connectivity index (χ3n) is 6.06. The summed E-state index contributed by atoms with van der Waals surface area (Å²) < 4.78 is 6.91. The second kappa shape index (κ2) is 11.2. The molecule has 1 aliphatic rings. The molecule has 0 aliphatic carbocycles. The fourth-order valence-electron chi connectivity index (χ4n) is 4.11. The second-order valence-corrected chi connectivity index (χ2v) is 10.4. The van der Waals surface area contributed by atoms with Crippen LogP contribution in [0.4, 0.5) is 5.69 Å². The zero-order chi connectivity index (χ0) is 26.6. The molecule has 0 radical (unpaired) electrons. The minimum absolute atomic E-state index is 0.120. The molecule has 1 N–H and O–H groups in total. The van der Waals surface area contributed by atoms with Gasteiger partial charge in [-0.05, 0) is 99.0 Å². The molecule has 8 heteroatoms. The van der Waals surface area contributed by atoms with E-state index >= 15 is 0 Å². The summed E-state index contributed by atoms with van der Waals surface area (Å²) in [6.45, 7) is 2.80. The lowest BCUT2D eigenvalue weighted by atomic mass is 10.1. The van der Waals surface area contributed by atoms with E-state index in [4.69, 9.17) is 9.84 Å². The van der Waals surface area contributed by atoms with Crippen LogP contribution in [0.25, 0.3) is 16.8 Å². The van der Waals surface area contributed by atoms with Crippen molar-refractivity contribution in [2.45, 2.75) is 13.5 Å². The van der Waals surface area contributed by atoms with Gasteiger partial charge in [0.05, 0.1) is 20.6 Å². The lowest BCUT2D eigenvalue weighted by Crippen LogP contribution is -2.28. The van der Waals surface area contributed by atoms with Gasteiger partial charge in [0, 0.05) is 6.54 Å². The summed E-state index contributed by atoms with van der Waals surface area (Å²) in [5.74, 6) is -0.398. The van der Waals surface area contributed by atoms with Gasteiger partial charge in [-0.25, -0.2) is 9.79 Å². The Kier molecular flexibility index (Phi) is 7.62. The molecule has 1 saturated heterocycles. The monoisotopic (exact) mass is 586 g/mol. The first-order valence-electron chi connectivity index (χ1n) is 12.0. The molecule has 1 heterocycles. The van der Waals surface area contributed by atoms with Gasteiger partial charge in [0.15, 0.2) is 5.17 Å². The summed E-state index contributed by atoms with van der Waals surface area (Å²) in [6.07, 6.45) is 1.84. The molecule has 0 unspecified atom stereocenters. The van der Waals surface area contributed by atoms with Crippen molar-refractivity contribution in [3.63, 3.8) is 0 Å². The van der Waals surface area contributed by atoms with Gasteiger partial charge in [-0.2, -0.15) is 0 Å². The first-order valence-corrected chi connectivity index (χ1v) is 13.6. The summed E-state index contributed by atoms with van der Waals surface area (Å²) in [5, 5.41) is 12.0. The number of amidine groups is 1. The number of hydrogen-bond acceptors (Lipinski definition) is 5. The van der Waals surface area contributed by atoms with E-state index < -0.39 is 5.97 Å². The first-order chi connectivity index (χ1) is 18.4. The van der Waals surface area contributed by atoms with Crippen molar-refractivity contribution in [1.82, 2.24) is 4.90 Å². The summed E-state index contributed by atoms with van der Waals surface area (Å²) in [5.41, 5.74) is 2.74. The molecule has 1 fully saturated rings. The smallest absolute Gasteiger partial charge is 0.335 e. The number of fused-ring (bicyclic) bond motifs is 1. The number of ether oxygens (including phenoxy) is 1. The summed E-state index contributed by atoms with van der Waals surface area (Å²) in [7, 11) is 0. The molecule has 6 nitrogen and oxygen atoms in total. The number of rotatable bonds is 7. The van der Waals surface area contributed by atoms with Crippen molar-refractivity contribution < 1.29 is 19.4 Å². The van der Waals surface area contributed by atoms with Crippen LogP contribution < -0.4 is 4.74 Å². The molecule has 0 saturated carbocycles. The van der Waals surface area contributed by atoms with Gasteiger partial charge in [0.25, 0.3) is 5.91 Å². The standard InChI is InChI=1S/C30H23BrN2O4S/c1-2-33-28(34)27(38-30(33)32-23-13-11-21(12-14-23)29(35)36)17-19-10-15-26(25(31)16-19)37-18-22-8-5-7-20-6-3-4-9-24(20)22/h3-17H,2,18H2,1H3,(H,35,36)/b27-17-,32-30?. The number of carbonyl (C=O) groups excluding carboxylic acids is 1. The summed E-state index contributed by atoms with van der Waals surface area (Å²) >= 11 is 4.91. The number of aromatic carboxylic acids is 1. The zero-order valence-electron chi connectivity index (χ0n) is 20.4. The van der Waals surface area contributed by atoms with Crippen molar-refractivity contribution in [3.8, 4) is 5.75 Å². The van der Waals surface area contributed by atoms with Crippen LogP contribution in [0.1, 0.15) is 28.4 Å². The molecule has 1 amide bonds. The molecule has 1 aliphatic heterocycles. The molecule has 38 heavy (non-hydrogen) atoms. The van der Waals surface area contributed by atoms with Crippen LogP contribution in [0.5, 0.6) is 5.75 Å². The number of carboxylic acid groups (broad SMARTS) is 1. The first kappa shape index (κ1) is 25.8. The van der Waals surface area contributed by atoms with E-state index in [1.807, 2.05) is 49.4 Å². The number of carboxylic acids is 1. The Morgan fingerprint density at radius 1 is 1.05 bits per heavy atom. The molecule has 4 aromatic rings. The Morgan fingerprint density at radius 2 is 1.82 bits per heavy atom. The Balaban J connectivity index is 1.33. The number of aliphatic imine (C=N–C) groups is 1. The van der Waals surface area contributed by atoms with E-state index in [0.717, 1.165) is 15.6 Å². The van der Waals surface area contributed by atoms with Crippen molar-refractivity contribution in [3.05, 3.63) is 111 Å². The van der Waals surface area contributed by atoms with E-state index in [1.54, 1.807) is 17.0 Å². The predicted octanol–water partition coefficient (Wildman–Crippen LogP) is 7.50. The van der Waals surface area contributed by atoms with E-state index in [0.29, 0.717) is 34.7 Å². The van der Waals surface area contributed by atoms with Crippen molar-refractivity contribution >= 4 is 67.3 Å². The minimum atomic E-state index is -0.994. The number of thioether (sulfide) groups is 1.